The van der Waals surface area contributed by atoms with Gasteiger partial charge in [-0.3, -0.25) is 4.79 Å². The van der Waals surface area contributed by atoms with Crippen LogP contribution in [0.15, 0.2) is 11.0 Å². The topological polar surface area (TPSA) is 108 Å². The zero-order chi connectivity index (χ0) is 18.4. The monoisotopic (exact) mass is 362 g/mol. The van der Waals surface area contributed by atoms with Crippen molar-refractivity contribution in [1.29, 1.82) is 0 Å². The fraction of sp³-hybridized carbons (Fsp3) is 0.471. The third-order valence-electron chi connectivity index (χ3n) is 4.93. The summed E-state index contributed by atoms with van der Waals surface area (Å²) >= 11 is 0. The predicted octanol–water partition coefficient (Wildman–Crippen LogP) is 0.471. The largest absolute Gasteiger partial charge is 0.477 e. The second kappa shape index (κ2) is 6.33. The van der Waals surface area contributed by atoms with Crippen molar-refractivity contribution in [3.05, 3.63) is 33.4 Å². The number of aromatic carboxylic acids is 1. The molecule has 1 saturated heterocycles. The number of aromatic nitrogens is 2. The average Bonchev–Trinajstić information content (AvgIpc) is 3.47. The van der Waals surface area contributed by atoms with Crippen LogP contribution in [-0.4, -0.2) is 51.9 Å². The van der Waals surface area contributed by atoms with Crippen LogP contribution >= 0.6 is 0 Å². The van der Waals surface area contributed by atoms with Gasteiger partial charge in [-0.15, -0.1) is 0 Å². The lowest BCUT2D eigenvalue weighted by Gasteiger charge is -2.29. The van der Waals surface area contributed by atoms with Crippen molar-refractivity contribution in [3.63, 3.8) is 0 Å². The Morgan fingerprint density at radius 2 is 2.04 bits per heavy atom. The highest BCUT2D eigenvalue weighted by atomic mass is 19.1. The standard InChI is InChI=1S/C17H19FN4O4/c18-13-11(8-23)12-14(24)10(17(25)26)7-22(9-1-2-9)15(12)20-16(13)21-5-3-19-4-6-21/h7,9,19,23H,1-6,8H2,(H,25,26). The summed E-state index contributed by atoms with van der Waals surface area (Å²) in [7, 11) is 0. The second-order valence-electron chi connectivity index (χ2n) is 6.64. The van der Waals surface area contributed by atoms with Crippen molar-refractivity contribution in [2.45, 2.75) is 25.5 Å². The van der Waals surface area contributed by atoms with Crippen molar-refractivity contribution < 1.29 is 19.4 Å². The van der Waals surface area contributed by atoms with E-state index in [4.69, 9.17) is 0 Å². The molecule has 0 radical (unpaired) electrons. The summed E-state index contributed by atoms with van der Waals surface area (Å²) in [4.78, 5) is 30.3. The van der Waals surface area contributed by atoms with Crippen LogP contribution in [0, 0.1) is 5.82 Å². The highest BCUT2D eigenvalue weighted by Gasteiger charge is 2.31. The summed E-state index contributed by atoms with van der Waals surface area (Å²) in [5, 5.41) is 22.1. The zero-order valence-electron chi connectivity index (χ0n) is 14.0. The summed E-state index contributed by atoms with van der Waals surface area (Å²) < 4.78 is 16.7. The van der Waals surface area contributed by atoms with Gasteiger partial charge in [0, 0.05) is 44.0 Å². The van der Waals surface area contributed by atoms with E-state index in [2.05, 4.69) is 10.3 Å². The Kier molecular flexibility index (Phi) is 4.12. The molecular weight excluding hydrogens is 343 g/mol. The molecule has 4 rings (SSSR count). The van der Waals surface area contributed by atoms with E-state index in [-0.39, 0.29) is 28.5 Å². The number of carboxylic acids is 1. The van der Waals surface area contributed by atoms with Crippen LogP contribution in [0.3, 0.4) is 0 Å². The van der Waals surface area contributed by atoms with Crippen molar-refractivity contribution in [3.8, 4) is 0 Å². The van der Waals surface area contributed by atoms with Gasteiger partial charge in [0.2, 0.25) is 5.43 Å². The van der Waals surface area contributed by atoms with E-state index in [1.165, 1.54) is 6.20 Å². The molecule has 138 valence electrons. The molecule has 0 atom stereocenters. The highest BCUT2D eigenvalue weighted by molar-refractivity contribution is 5.93. The molecule has 3 N–H and O–H groups in total. The van der Waals surface area contributed by atoms with E-state index in [1.54, 1.807) is 9.47 Å². The van der Waals surface area contributed by atoms with Crippen molar-refractivity contribution in [2.75, 3.05) is 31.1 Å². The van der Waals surface area contributed by atoms with Crippen LogP contribution in [-0.2, 0) is 6.61 Å². The van der Waals surface area contributed by atoms with Gasteiger partial charge >= 0.3 is 5.97 Å². The van der Waals surface area contributed by atoms with E-state index in [1.807, 2.05) is 0 Å². The molecule has 1 saturated carbocycles. The molecule has 2 fully saturated rings. The minimum atomic E-state index is -1.37. The maximum absolute atomic E-state index is 15.1. The smallest absolute Gasteiger partial charge is 0.341 e. The number of piperazine rings is 1. The number of aliphatic hydroxyl groups is 1. The lowest BCUT2D eigenvalue weighted by atomic mass is 10.1. The van der Waals surface area contributed by atoms with Crippen molar-refractivity contribution >= 4 is 22.8 Å². The van der Waals surface area contributed by atoms with Crippen LogP contribution in [0.2, 0.25) is 0 Å². The molecule has 8 nitrogen and oxygen atoms in total. The molecule has 26 heavy (non-hydrogen) atoms. The minimum Gasteiger partial charge on any atom is -0.477 e. The zero-order valence-corrected chi connectivity index (χ0v) is 14.0. The summed E-state index contributed by atoms with van der Waals surface area (Å²) in [6.45, 7) is 1.78. The Hall–Kier alpha value is -2.52. The maximum atomic E-state index is 15.1. The number of nitrogens with zero attached hydrogens (tertiary/aromatic N) is 3. The van der Waals surface area contributed by atoms with Crippen molar-refractivity contribution in [2.24, 2.45) is 0 Å². The number of nitrogens with one attached hydrogen (secondary N) is 1. The number of rotatable bonds is 4. The summed E-state index contributed by atoms with van der Waals surface area (Å²) in [5.74, 6) is -2.04. The van der Waals surface area contributed by atoms with E-state index >= 15 is 4.39 Å². The maximum Gasteiger partial charge on any atom is 0.341 e. The van der Waals surface area contributed by atoms with E-state index in [0.717, 1.165) is 12.8 Å². The Balaban J connectivity index is 2.04. The fourth-order valence-electron chi connectivity index (χ4n) is 3.42. The number of halogens is 1. The molecule has 2 aromatic rings. The van der Waals surface area contributed by atoms with Gasteiger partial charge in [-0.2, -0.15) is 0 Å². The molecule has 0 spiro atoms. The van der Waals surface area contributed by atoms with Gasteiger partial charge in [0.1, 0.15) is 11.2 Å². The number of anilines is 1. The minimum absolute atomic E-state index is 0.0385. The van der Waals surface area contributed by atoms with Crippen LogP contribution in [0.1, 0.15) is 34.8 Å². The molecule has 2 aliphatic rings. The molecule has 0 amide bonds. The summed E-state index contributed by atoms with van der Waals surface area (Å²) in [6.07, 6.45) is 2.97. The van der Waals surface area contributed by atoms with E-state index in [9.17, 15) is 19.8 Å². The normalized spacial score (nSPS) is 17.7. The van der Waals surface area contributed by atoms with E-state index in [0.29, 0.717) is 26.2 Å². The first-order valence-corrected chi connectivity index (χ1v) is 8.60. The van der Waals surface area contributed by atoms with Crippen molar-refractivity contribution in [1.82, 2.24) is 14.9 Å². The average molecular weight is 362 g/mol. The molecule has 0 unspecified atom stereocenters. The lowest BCUT2D eigenvalue weighted by molar-refractivity contribution is 0.0694. The van der Waals surface area contributed by atoms with Gasteiger partial charge in [0.25, 0.3) is 0 Å². The van der Waals surface area contributed by atoms with Crippen LogP contribution < -0.4 is 15.6 Å². The van der Waals surface area contributed by atoms with E-state index < -0.39 is 29.4 Å². The third kappa shape index (κ3) is 2.63. The molecule has 1 aliphatic heterocycles. The van der Waals surface area contributed by atoms with Gasteiger partial charge in [0.15, 0.2) is 11.6 Å². The summed E-state index contributed by atoms with van der Waals surface area (Å²) in [6, 6.07) is 0.0385. The van der Waals surface area contributed by atoms with Gasteiger partial charge in [0.05, 0.1) is 12.0 Å². The summed E-state index contributed by atoms with van der Waals surface area (Å²) in [5.41, 5.74) is -1.20. The molecular formula is C17H19FN4O4. The first-order valence-electron chi connectivity index (χ1n) is 8.60. The second-order valence-corrected chi connectivity index (χ2v) is 6.64. The first-order chi connectivity index (χ1) is 12.5. The molecule has 9 heteroatoms. The number of carbonyl (C=O) groups is 1. The van der Waals surface area contributed by atoms with Gasteiger partial charge in [-0.25, -0.2) is 14.2 Å². The number of aliphatic hydroxyl groups excluding tert-OH is 1. The van der Waals surface area contributed by atoms with Gasteiger partial charge < -0.3 is 25.0 Å². The number of carboxylic acid groups (broad SMARTS) is 1. The highest BCUT2D eigenvalue weighted by Crippen LogP contribution is 2.38. The van der Waals surface area contributed by atoms with Crippen LogP contribution in [0.25, 0.3) is 11.0 Å². The Labute approximate surface area is 147 Å². The Morgan fingerprint density at radius 1 is 1.35 bits per heavy atom. The Morgan fingerprint density at radius 3 is 2.62 bits per heavy atom. The number of hydrogen-bond acceptors (Lipinski definition) is 6. The van der Waals surface area contributed by atoms with Gasteiger partial charge in [-0.1, -0.05) is 0 Å². The molecule has 1 aliphatic carbocycles. The molecule has 3 heterocycles. The van der Waals surface area contributed by atoms with Crippen LogP contribution in [0.4, 0.5) is 10.2 Å². The molecule has 2 aromatic heterocycles. The molecule has 0 bridgehead atoms. The van der Waals surface area contributed by atoms with Gasteiger partial charge in [-0.05, 0) is 12.8 Å². The fourth-order valence-corrected chi connectivity index (χ4v) is 3.42. The SMILES string of the molecule is O=C(O)c1cn(C2CC2)c2nc(N3CCNCC3)c(F)c(CO)c2c1=O. The molecule has 0 aromatic carbocycles. The number of hydrogen-bond donors (Lipinski definition) is 3. The quantitative estimate of drug-likeness (QED) is 0.726. The Bertz CT molecular complexity index is 948. The number of fused-ring (bicyclic) bond motifs is 1. The first kappa shape index (κ1) is 16.9. The lowest BCUT2D eigenvalue weighted by Crippen LogP contribution is -2.44. The van der Waals surface area contributed by atoms with Crippen LogP contribution in [0.5, 0.6) is 0 Å². The number of pyridine rings is 2. The third-order valence-corrected chi connectivity index (χ3v) is 4.93. The predicted molar refractivity (Wildman–Crippen MR) is 92.2 cm³/mol.